The van der Waals surface area contributed by atoms with Crippen LogP contribution in [0.1, 0.15) is 15.9 Å². The molecule has 0 spiro atoms. The van der Waals surface area contributed by atoms with Gasteiger partial charge in [-0.1, -0.05) is 36.4 Å². The highest BCUT2D eigenvalue weighted by molar-refractivity contribution is 6.23. The van der Waals surface area contributed by atoms with Crippen LogP contribution in [0.4, 0.5) is 5.69 Å². The second-order valence-electron chi connectivity index (χ2n) is 5.60. The number of nitrogens with zero attached hydrogens (tertiary/aromatic N) is 1. The largest absolute Gasteiger partial charge is 0.504 e. The molecule has 3 aromatic carbocycles. The number of rotatable bonds is 2. The molecule has 0 aromatic heterocycles. The maximum absolute atomic E-state index is 12.2. The monoisotopic (exact) mass is 317 g/mol. The van der Waals surface area contributed by atoms with Gasteiger partial charge in [0.2, 0.25) is 5.78 Å². The van der Waals surface area contributed by atoms with Gasteiger partial charge < -0.3 is 5.11 Å². The Morgan fingerprint density at radius 3 is 2.50 bits per heavy atom. The molecular weight excluding hydrogens is 306 g/mol. The summed E-state index contributed by atoms with van der Waals surface area (Å²) >= 11 is 0. The fourth-order valence-electron chi connectivity index (χ4n) is 3.13. The van der Waals surface area contributed by atoms with Crippen molar-refractivity contribution in [1.29, 1.82) is 0 Å². The zero-order valence-electron chi connectivity index (χ0n) is 12.4. The van der Waals surface area contributed by atoms with Crippen LogP contribution < -0.4 is 0 Å². The number of non-ortho nitro benzene ring substituents is 1. The van der Waals surface area contributed by atoms with E-state index in [0.29, 0.717) is 11.1 Å². The van der Waals surface area contributed by atoms with Crippen molar-refractivity contribution in [2.24, 2.45) is 0 Å². The minimum atomic E-state index is -0.432. The smallest absolute Gasteiger partial charge is 0.270 e. The van der Waals surface area contributed by atoms with Crippen LogP contribution in [-0.2, 0) is 0 Å². The van der Waals surface area contributed by atoms with Gasteiger partial charge in [0.1, 0.15) is 0 Å². The van der Waals surface area contributed by atoms with Gasteiger partial charge in [-0.15, -0.1) is 0 Å². The Morgan fingerprint density at radius 2 is 1.71 bits per heavy atom. The number of aliphatic hydroxyl groups excluding tert-OH is 1. The van der Waals surface area contributed by atoms with Crippen molar-refractivity contribution in [3.8, 4) is 11.1 Å². The molecule has 0 radical (unpaired) electrons. The summed E-state index contributed by atoms with van der Waals surface area (Å²) in [5.41, 5.74) is 2.73. The predicted octanol–water partition coefficient (Wildman–Crippen LogP) is 4.51. The minimum Gasteiger partial charge on any atom is -0.504 e. The van der Waals surface area contributed by atoms with Gasteiger partial charge in [0.05, 0.1) is 4.92 Å². The molecule has 0 aliphatic heterocycles. The van der Waals surface area contributed by atoms with E-state index in [2.05, 4.69) is 0 Å². The highest BCUT2D eigenvalue weighted by Gasteiger charge is 2.22. The van der Waals surface area contributed by atoms with E-state index in [0.717, 1.165) is 21.9 Å². The molecule has 0 saturated heterocycles. The van der Waals surface area contributed by atoms with Gasteiger partial charge in [-0.3, -0.25) is 14.9 Å². The van der Waals surface area contributed by atoms with Gasteiger partial charge in [0, 0.05) is 23.1 Å². The van der Waals surface area contributed by atoms with Gasteiger partial charge in [0.25, 0.3) is 5.69 Å². The highest BCUT2D eigenvalue weighted by Crippen LogP contribution is 2.37. The zero-order chi connectivity index (χ0) is 16.8. The number of carbonyl (C=O) groups is 1. The van der Waals surface area contributed by atoms with Crippen molar-refractivity contribution >= 4 is 28.3 Å². The van der Waals surface area contributed by atoms with Crippen LogP contribution in [0.15, 0.2) is 60.4 Å². The van der Waals surface area contributed by atoms with E-state index in [1.165, 1.54) is 18.2 Å². The molecule has 5 heteroatoms. The van der Waals surface area contributed by atoms with Crippen molar-refractivity contribution in [3.63, 3.8) is 0 Å². The Labute approximate surface area is 136 Å². The van der Waals surface area contributed by atoms with E-state index in [4.69, 9.17) is 0 Å². The Balaban J connectivity index is 2.04. The first kappa shape index (κ1) is 14.1. The van der Waals surface area contributed by atoms with Crippen LogP contribution in [0.25, 0.3) is 28.0 Å². The van der Waals surface area contributed by atoms with E-state index in [1.54, 1.807) is 24.3 Å². The number of Topliss-reactive ketones (excluding diaryl/α,β-unsaturated/α-hetero) is 1. The molecule has 0 fully saturated rings. The first-order valence-corrected chi connectivity index (χ1v) is 7.32. The van der Waals surface area contributed by atoms with E-state index in [1.807, 2.05) is 18.2 Å². The van der Waals surface area contributed by atoms with Crippen molar-refractivity contribution in [1.82, 2.24) is 0 Å². The summed E-state index contributed by atoms with van der Waals surface area (Å²) < 4.78 is 0. The first-order valence-electron chi connectivity index (χ1n) is 7.32. The van der Waals surface area contributed by atoms with E-state index >= 15 is 0 Å². The van der Waals surface area contributed by atoms with Crippen molar-refractivity contribution in [2.45, 2.75) is 0 Å². The van der Waals surface area contributed by atoms with E-state index in [9.17, 15) is 20.0 Å². The lowest BCUT2D eigenvalue weighted by atomic mass is 9.87. The average molecular weight is 317 g/mol. The molecule has 24 heavy (non-hydrogen) atoms. The lowest BCUT2D eigenvalue weighted by Crippen LogP contribution is -2.08. The topological polar surface area (TPSA) is 80.4 Å². The summed E-state index contributed by atoms with van der Waals surface area (Å²) in [4.78, 5) is 22.8. The van der Waals surface area contributed by atoms with E-state index in [-0.39, 0.29) is 11.4 Å². The van der Waals surface area contributed by atoms with Crippen LogP contribution in [0.3, 0.4) is 0 Å². The fourth-order valence-corrected chi connectivity index (χ4v) is 3.13. The highest BCUT2D eigenvalue weighted by atomic mass is 16.6. The standard InChI is InChI=1S/C19H11NO4/c21-17-10-12-4-2-6-15-14(7-8-16(18(12)15)19(17)22)11-3-1-5-13(9-11)20(23)24/h1-10,21H. The summed E-state index contributed by atoms with van der Waals surface area (Å²) in [5, 5.41) is 22.4. The number of hydrogen-bond donors (Lipinski definition) is 1. The number of nitro groups is 1. The van der Waals surface area contributed by atoms with Crippen LogP contribution in [0, 0.1) is 10.1 Å². The summed E-state index contributed by atoms with van der Waals surface area (Å²) in [7, 11) is 0. The van der Waals surface area contributed by atoms with Gasteiger partial charge >= 0.3 is 0 Å². The number of carbonyl (C=O) groups excluding carboxylic acids is 1. The maximum atomic E-state index is 12.2. The third-order valence-electron chi connectivity index (χ3n) is 4.21. The molecule has 116 valence electrons. The predicted molar refractivity (Wildman–Crippen MR) is 91.0 cm³/mol. The molecule has 3 aromatic rings. The Morgan fingerprint density at radius 1 is 0.958 bits per heavy atom. The molecule has 0 unspecified atom stereocenters. The first-order chi connectivity index (χ1) is 11.6. The molecule has 1 aliphatic rings. The fraction of sp³-hybridized carbons (Fsp3) is 0. The Bertz CT molecular complexity index is 1070. The van der Waals surface area contributed by atoms with Crippen molar-refractivity contribution in [3.05, 3.63) is 81.6 Å². The second-order valence-corrected chi connectivity index (χ2v) is 5.60. The molecule has 0 atom stereocenters. The van der Waals surface area contributed by atoms with Gasteiger partial charge in [0.15, 0.2) is 5.76 Å². The zero-order valence-corrected chi connectivity index (χ0v) is 12.4. The molecule has 5 nitrogen and oxygen atoms in total. The van der Waals surface area contributed by atoms with Crippen LogP contribution >= 0.6 is 0 Å². The normalized spacial score (nSPS) is 13.0. The molecule has 0 bridgehead atoms. The van der Waals surface area contributed by atoms with Crippen molar-refractivity contribution < 1.29 is 14.8 Å². The van der Waals surface area contributed by atoms with Crippen LogP contribution in [-0.4, -0.2) is 15.8 Å². The number of aliphatic hydroxyl groups is 1. The van der Waals surface area contributed by atoms with Crippen molar-refractivity contribution in [2.75, 3.05) is 0 Å². The van der Waals surface area contributed by atoms with Gasteiger partial charge in [-0.05, 0) is 34.2 Å². The third-order valence-corrected chi connectivity index (χ3v) is 4.21. The third kappa shape index (κ3) is 1.99. The Hall–Kier alpha value is -3.47. The quantitative estimate of drug-likeness (QED) is 0.557. The SMILES string of the molecule is O=C1C(O)=Cc2cccc3c(-c4cccc([N+](=O)[O-])c4)ccc1c23. The summed E-state index contributed by atoms with van der Waals surface area (Å²) in [6.07, 6.45) is 1.45. The van der Waals surface area contributed by atoms with Crippen LogP contribution in [0.5, 0.6) is 0 Å². The molecule has 1 N–H and O–H groups in total. The molecule has 0 saturated carbocycles. The number of ketones is 1. The van der Waals surface area contributed by atoms with Gasteiger partial charge in [-0.25, -0.2) is 0 Å². The molecule has 0 heterocycles. The maximum Gasteiger partial charge on any atom is 0.270 e. The lowest BCUT2D eigenvalue weighted by Gasteiger charge is -2.16. The van der Waals surface area contributed by atoms with Crippen LogP contribution in [0.2, 0.25) is 0 Å². The summed E-state index contributed by atoms with van der Waals surface area (Å²) in [5.74, 6) is -0.692. The summed E-state index contributed by atoms with van der Waals surface area (Å²) in [6.45, 7) is 0. The number of benzene rings is 3. The Kier molecular flexibility index (Phi) is 2.96. The second kappa shape index (κ2) is 5.03. The molecule has 0 amide bonds. The van der Waals surface area contributed by atoms with E-state index < -0.39 is 10.7 Å². The minimum absolute atomic E-state index is 0.0154. The molecular formula is C19H11NO4. The molecule has 4 rings (SSSR count). The summed E-state index contributed by atoms with van der Waals surface area (Å²) in [6, 6.07) is 15.4. The lowest BCUT2D eigenvalue weighted by molar-refractivity contribution is -0.384. The number of hydrogen-bond acceptors (Lipinski definition) is 4. The average Bonchev–Trinajstić information content (AvgIpc) is 2.59. The van der Waals surface area contributed by atoms with Gasteiger partial charge in [-0.2, -0.15) is 0 Å². The molecule has 1 aliphatic carbocycles. The number of allylic oxidation sites excluding steroid dienone is 1. The number of nitro benzene ring substituents is 1.